The van der Waals surface area contributed by atoms with Crippen LogP contribution in [0.1, 0.15) is 18.9 Å². The lowest BCUT2D eigenvalue weighted by Gasteiger charge is -2.30. The third kappa shape index (κ3) is 4.34. The maximum absolute atomic E-state index is 13.0. The molecule has 0 saturated carbocycles. The topological polar surface area (TPSA) is 66.5 Å². The van der Waals surface area contributed by atoms with Gasteiger partial charge < -0.3 is 5.32 Å². The number of hydrogen-bond donors (Lipinski definition) is 1. The first kappa shape index (κ1) is 19.9. The van der Waals surface area contributed by atoms with Crippen LogP contribution < -0.4 is 9.62 Å². The number of aryl methyl sites for hydroxylation is 1. The minimum absolute atomic E-state index is 0.348. The molecule has 0 radical (unpaired) electrons. The number of hydrogen-bond acceptors (Lipinski definition) is 3. The van der Waals surface area contributed by atoms with Crippen LogP contribution in [0.15, 0.2) is 66.7 Å². The molecule has 0 unspecified atom stereocenters. The van der Waals surface area contributed by atoms with Crippen molar-refractivity contribution >= 4 is 38.1 Å². The van der Waals surface area contributed by atoms with Gasteiger partial charge in [0.1, 0.15) is 6.04 Å². The molecular formula is C22H24N2O3S. The molecule has 3 aromatic rings. The molecule has 3 aromatic carbocycles. The Kier molecular flexibility index (Phi) is 5.70. The van der Waals surface area contributed by atoms with Gasteiger partial charge in [-0.1, -0.05) is 55.0 Å². The first-order valence-electron chi connectivity index (χ1n) is 9.15. The quantitative estimate of drug-likeness (QED) is 0.674. The van der Waals surface area contributed by atoms with Crippen molar-refractivity contribution in [2.24, 2.45) is 0 Å². The van der Waals surface area contributed by atoms with E-state index < -0.39 is 16.1 Å². The van der Waals surface area contributed by atoms with Gasteiger partial charge in [-0.3, -0.25) is 9.10 Å². The van der Waals surface area contributed by atoms with E-state index in [0.29, 0.717) is 17.8 Å². The fourth-order valence-electron chi connectivity index (χ4n) is 3.24. The molecule has 5 nitrogen and oxygen atoms in total. The van der Waals surface area contributed by atoms with E-state index in [1.165, 1.54) is 4.31 Å². The molecule has 3 rings (SSSR count). The number of nitrogens with zero attached hydrogens (tertiary/aromatic N) is 1. The highest BCUT2D eigenvalue weighted by atomic mass is 32.2. The van der Waals surface area contributed by atoms with Gasteiger partial charge in [0.2, 0.25) is 15.9 Å². The maximum atomic E-state index is 13.0. The summed E-state index contributed by atoms with van der Waals surface area (Å²) in [6.45, 7) is 3.73. The van der Waals surface area contributed by atoms with Crippen molar-refractivity contribution in [2.75, 3.05) is 15.9 Å². The fourth-order valence-corrected chi connectivity index (χ4v) is 4.46. The molecule has 0 fully saturated rings. The second-order valence-corrected chi connectivity index (χ2v) is 8.73. The van der Waals surface area contributed by atoms with E-state index in [9.17, 15) is 13.2 Å². The minimum atomic E-state index is -3.64. The normalized spacial score (nSPS) is 12.5. The van der Waals surface area contributed by atoms with Crippen LogP contribution in [0, 0.1) is 6.92 Å². The molecule has 28 heavy (non-hydrogen) atoms. The average Bonchev–Trinajstić information content (AvgIpc) is 2.66. The lowest BCUT2D eigenvalue weighted by Crippen LogP contribution is -2.47. The summed E-state index contributed by atoms with van der Waals surface area (Å²) in [5.74, 6) is -0.358. The summed E-state index contributed by atoms with van der Waals surface area (Å²) < 4.78 is 26.2. The lowest BCUT2D eigenvalue weighted by molar-refractivity contribution is -0.117. The Labute approximate surface area is 166 Å². The van der Waals surface area contributed by atoms with Crippen LogP contribution in [0.3, 0.4) is 0 Å². The van der Waals surface area contributed by atoms with Gasteiger partial charge in [0, 0.05) is 5.69 Å². The Morgan fingerprint density at radius 2 is 1.64 bits per heavy atom. The summed E-state index contributed by atoms with van der Waals surface area (Å²) in [6.07, 6.45) is 1.47. The van der Waals surface area contributed by atoms with Crippen LogP contribution in [-0.4, -0.2) is 26.6 Å². The van der Waals surface area contributed by atoms with Gasteiger partial charge in [-0.15, -0.1) is 0 Å². The fraction of sp³-hybridized carbons (Fsp3) is 0.227. The van der Waals surface area contributed by atoms with E-state index in [1.807, 2.05) is 61.5 Å². The summed E-state index contributed by atoms with van der Waals surface area (Å²) in [5, 5.41) is 4.95. The SMILES string of the molecule is CC[C@@H](C(=O)Nc1ccc2ccccc2c1)N(c1ccc(C)cc1)S(C)(=O)=O. The van der Waals surface area contributed by atoms with Gasteiger partial charge in [0.15, 0.2) is 0 Å². The Morgan fingerprint density at radius 1 is 1.00 bits per heavy atom. The number of anilines is 2. The van der Waals surface area contributed by atoms with Crippen molar-refractivity contribution in [3.63, 3.8) is 0 Å². The number of fused-ring (bicyclic) bond motifs is 1. The highest BCUT2D eigenvalue weighted by Gasteiger charge is 2.31. The van der Waals surface area contributed by atoms with Gasteiger partial charge in [0.25, 0.3) is 0 Å². The Morgan fingerprint density at radius 3 is 2.25 bits per heavy atom. The number of carbonyl (C=O) groups is 1. The zero-order valence-electron chi connectivity index (χ0n) is 16.2. The standard InChI is InChI=1S/C22H24N2O3S/c1-4-21(24(28(3,26)27)20-13-9-16(2)10-14-20)22(25)23-19-12-11-17-7-5-6-8-18(17)15-19/h5-15,21H,4H2,1-3H3,(H,23,25)/t21-/m0/s1. The molecule has 0 spiro atoms. The molecule has 0 aliphatic carbocycles. The molecule has 0 aromatic heterocycles. The third-order valence-corrected chi connectivity index (χ3v) is 5.82. The predicted molar refractivity (Wildman–Crippen MR) is 115 cm³/mol. The molecule has 0 aliphatic heterocycles. The third-order valence-electron chi connectivity index (χ3n) is 4.64. The van der Waals surface area contributed by atoms with E-state index in [0.717, 1.165) is 22.6 Å². The molecule has 1 N–H and O–H groups in total. The van der Waals surface area contributed by atoms with Crippen LogP contribution in [0.25, 0.3) is 10.8 Å². The van der Waals surface area contributed by atoms with Crippen molar-refractivity contribution in [3.05, 3.63) is 72.3 Å². The van der Waals surface area contributed by atoms with Crippen molar-refractivity contribution in [3.8, 4) is 0 Å². The zero-order valence-corrected chi connectivity index (χ0v) is 17.0. The van der Waals surface area contributed by atoms with Crippen LogP contribution in [0.5, 0.6) is 0 Å². The van der Waals surface area contributed by atoms with E-state index >= 15 is 0 Å². The number of nitrogens with one attached hydrogen (secondary N) is 1. The van der Waals surface area contributed by atoms with Gasteiger partial charge >= 0.3 is 0 Å². The molecule has 146 valence electrons. The Hall–Kier alpha value is -2.86. The van der Waals surface area contributed by atoms with E-state index in [-0.39, 0.29) is 5.91 Å². The molecule has 0 heterocycles. The maximum Gasteiger partial charge on any atom is 0.248 e. The highest BCUT2D eigenvalue weighted by Crippen LogP contribution is 2.25. The predicted octanol–water partition coefficient (Wildman–Crippen LogP) is 4.33. The summed E-state index contributed by atoms with van der Waals surface area (Å²) >= 11 is 0. The average molecular weight is 397 g/mol. The largest absolute Gasteiger partial charge is 0.324 e. The molecule has 0 aliphatic rings. The van der Waals surface area contributed by atoms with Crippen molar-refractivity contribution < 1.29 is 13.2 Å². The monoisotopic (exact) mass is 396 g/mol. The number of benzene rings is 3. The van der Waals surface area contributed by atoms with Crippen molar-refractivity contribution in [1.82, 2.24) is 0 Å². The minimum Gasteiger partial charge on any atom is -0.324 e. The van der Waals surface area contributed by atoms with Gasteiger partial charge in [-0.05, 0) is 48.4 Å². The second kappa shape index (κ2) is 8.02. The second-order valence-electron chi connectivity index (χ2n) is 6.87. The summed E-state index contributed by atoms with van der Waals surface area (Å²) in [4.78, 5) is 13.0. The van der Waals surface area contributed by atoms with E-state index in [2.05, 4.69) is 5.32 Å². The van der Waals surface area contributed by atoms with E-state index in [4.69, 9.17) is 0 Å². The van der Waals surface area contributed by atoms with E-state index in [1.54, 1.807) is 19.1 Å². The van der Waals surface area contributed by atoms with Crippen LogP contribution in [0.2, 0.25) is 0 Å². The number of sulfonamides is 1. The summed E-state index contributed by atoms with van der Waals surface area (Å²) in [5.41, 5.74) is 2.14. The van der Waals surface area contributed by atoms with Crippen molar-refractivity contribution in [1.29, 1.82) is 0 Å². The highest BCUT2D eigenvalue weighted by molar-refractivity contribution is 7.92. The molecule has 0 bridgehead atoms. The number of rotatable bonds is 6. The van der Waals surface area contributed by atoms with Crippen LogP contribution in [0.4, 0.5) is 11.4 Å². The van der Waals surface area contributed by atoms with Crippen LogP contribution >= 0.6 is 0 Å². The first-order valence-corrected chi connectivity index (χ1v) is 11.0. The first-order chi connectivity index (χ1) is 13.3. The Bertz CT molecular complexity index is 1090. The molecule has 1 atom stereocenters. The molecule has 6 heteroatoms. The molecule has 1 amide bonds. The summed E-state index contributed by atoms with van der Waals surface area (Å²) in [6, 6.07) is 19.8. The molecular weight excluding hydrogens is 372 g/mol. The lowest BCUT2D eigenvalue weighted by atomic mass is 10.1. The Balaban J connectivity index is 1.92. The van der Waals surface area contributed by atoms with Crippen LogP contribution in [-0.2, 0) is 14.8 Å². The summed E-state index contributed by atoms with van der Waals surface area (Å²) in [7, 11) is -3.64. The van der Waals surface area contributed by atoms with Crippen molar-refractivity contribution in [2.45, 2.75) is 26.3 Å². The number of amides is 1. The van der Waals surface area contributed by atoms with Gasteiger partial charge in [-0.25, -0.2) is 8.42 Å². The van der Waals surface area contributed by atoms with Gasteiger partial charge in [-0.2, -0.15) is 0 Å². The number of carbonyl (C=O) groups excluding carboxylic acids is 1. The molecule has 0 saturated heterocycles. The zero-order chi connectivity index (χ0) is 20.3. The smallest absolute Gasteiger partial charge is 0.248 e. The van der Waals surface area contributed by atoms with Gasteiger partial charge in [0.05, 0.1) is 11.9 Å².